The van der Waals surface area contributed by atoms with Gasteiger partial charge in [0.2, 0.25) is 17.7 Å². The van der Waals surface area contributed by atoms with E-state index in [9.17, 15) is 34.2 Å². The molecule has 0 bridgehead atoms. The lowest BCUT2D eigenvalue weighted by Gasteiger charge is -2.21. The van der Waals surface area contributed by atoms with Crippen molar-refractivity contribution in [3.63, 3.8) is 0 Å². The molecule has 0 saturated carbocycles. The van der Waals surface area contributed by atoms with Gasteiger partial charge >= 0.3 is 11.9 Å². The number of carbonyl (C=O) groups is 5. The minimum atomic E-state index is -1.61. The number of benzene rings is 1. The number of guanidine groups is 1. The Balaban J connectivity index is 2.68. The van der Waals surface area contributed by atoms with Crippen LogP contribution in [0.1, 0.15) is 24.8 Å². The number of amides is 3. The molecular formula is C21H31N7O8. The van der Waals surface area contributed by atoms with Gasteiger partial charge in [0, 0.05) is 13.0 Å². The summed E-state index contributed by atoms with van der Waals surface area (Å²) in [6.45, 7) is -0.334. The zero-order valence-corrected chi connectivity index (χ0v) is 19.3. The molecule has 0 aromatic heterocycles. The number of aliphatic carboxylic acids is 2. The first-order valence-electron chi connectivity index (χ1n) is 10.8. The number of carboxylic acids is 2. The van der Waals surface area contributed by atoms with Gasteiger partial charge in [0.25, 0.3) is 0 Å². The molecule has 3 amide bonds. The number of aromatic hydroxyl groups is 1. The minimum Gasteiger partial charge on any atom is -0.508 e. The Morgan fingerprint density at radius 3 is 2.14 bits per heavy atom. The molecule has 1 rings (SSSR count). The third-order valence-corrected chi connectivity index (χ3v) is 4.75. The molecule has 3 unspecified atom stereocenters. The summed E-state index contributed by atoms with van der Waals surface area (Å²) in [7, 11) is 0. The average molecular weight is 510 g/mol. The van der Waals surface area contributed by atoms with Crippen molar-refractivity contribution < 1.29 is 39.3 Å². The smallest absolute Gasteiger partial charge is 0.326 e. The van der Waals surface area contributed by atoms with Crippen LogP contribution in [0.25, 0.3) is 0 Å². The van der Waals surface area contributed by atoms with Gasteiger partial charge in [-0.05, 0) is 30.5 Å². The third-order valence-electron chi connectivity index (χ3n) is 4.75. The van der Waals surface area contributed by atoms with Crippen molar-refractivity contribution >= 4 is 35.6 Å². The van der Waals surface area contributed by atoms with Gasteiger partial charge in [0.05, 0.1) is 19.0 Å². The molecule has 36 heavy (non-hydrogen) atoms. The summed E-state index contributed by atoms with van der Waals surface area (Å²) in [6.07, 6.45) is -0.353. The molecule has 0 fully saturated rings. The van der Waals surface area contributed by atoms with Crippen LogP contribution < -0.4 is 33.2 Å². The van der Waals surface area contributed by atoms with E-state index in [4.69, 9.17) is 22.3 Å². The van der Waals surface area contributed by atoms with Crippen LogP contribution in [0.4, 0.5) is 0 Å². The fourth-order valence-electron chi connectivity index (χ4n) is 2.92. The third kappa shape index (κ3) is 11.6. The van der Waals surface area contributed by atoms with Gasteiger partial charge in [-0.15, -0.1) is 0 Å². The summed E-state index contributed by atoms with van der Waals surface area (Å²) in [5.41, 5.74) is 16.6. The van der Waals surface area contributed by atoms with Crippen LogP contribution in [0, 0.1) is 0 Å². The largest absolute Gasteiger partial charge is 0.508 e. The first-order chi connectivity index (χ1) is 16.9. The number of nitrogens with two attached hydrogens (primary N) is 3. The Morgan fingerprint density at radius 1 is 0.944 bits per heavy atom. The predicted molar refractivity (Wildman–Crippen MR) is 126 cm³/mol. The molecule has 15 heteroatoms. The summed E-state index contributed by atoms with van der Waals surface area (Å²) >= 11 is 0. The van der Waals surface area contributed by atoms with Gasteiger partial charge in [0.1, 0.15) is 17.8 Å². The summed E-state index contributed by atoms with van der Waals surface area (Å²) < 4.78 is 0. The molecule has 198 valence electrons. The quantitative estimate of drug-likeness (QED) is 0.0651. The normalized spacial score (nSPS) is 12.9. The molecule has 0 spiro atoms. The number of phenols is 1. The average Bonchev–Trinajstić information content (AvgIpc) is 2.80. The molecule has 0 aliphatic heterocycles. The van der Waals surface area contributed by atoms with Crippen LogP contribution >= 0.6 is 0 Å². The fraction of sp³-hybridized carbons (Fsp3) is 0.429. The molecule has 3 atom stereocenters. The maximum atomic E-state index is 12.6. The maximum Gasteiger partial charge on any atom is 0.326 e. The molecule has 0 aliphatic rings. The topological polar surface area (TPSA) is 273 Å². The minimum absolute atomic E-state index is 0.0297. The van der Waals surface area contributed by atoms with Crippen molar-refractivity contribution in [3.8, 4) is 5.75 Å². The number of hydrogen-bond acceptors (Lipinski definition) is 8. The highest BCUT2D eigenvalue weighted by molar-refractivity contribution is 5.94. The van der Waals surface area contributed by atoms with Gasteiger partial charge in [0.15, 0.2) is 5.96 Å². The molecule has 15 nitrogen and oxygen atoms in total. The Morgan fingerprint density at radius 2 is 1.58 bits per heavy atom. The van der Waals surface area contributed by atoms with Crippen LogP contribution in [-0.2, 0) is 30.4 Å². The summed E-state index contributed by atoms with van der Waals surface area (Å²) in [5.74, 6) is -5.53. The van der Waals surface area contributed by atoms with Gasteiger partial charge in [-0.3, -0.25) is 24.2 Å². The molecule has 0 heterocycles. The second-order valence-corrected chi connectivity index (χ2v) is 7.76. The van der Waals surface area contributed by atoms with Crippen LogP contribution in [-0.4, -0.2) is 82.2 Å². The molecule has 0 saturated heterocycles. The van der Waals surface area contributed by atoms with Gasteiger partial charge in [-0.1, -0.05) is 12.1 Å². The molecule has 1 aromatic rings. The van der Waals surface area contributed by atoms with E-state index in [-0.39, 0.29) is 31.1 Å². The highest BCUT2D eigenvalue weighted by Gasteiger charge is 2.28. The second kappa shape index (κ2) is 14.8. The Kier molecular flexibility index (Phi) is 12.2. The van der Waals surface area contributed by atoms with Gasteiger partial charge < -0.3 is 48.5 Å². The van der Waals surface area contributed by atoms with E-state index < -0.39 is 60.8 Å². The standard InChI is InChI=1S/C21H31N7O8/c22-13(2-1-7-25-21(23)24)18(33)26-10-16(30)27-14(9-17(31)32)19(34)28-15(20(35)36)8-11-3-5-12(29)6-4-11/h3-6,13-15,29H,1-2,7-10,22H2,(H,26,33)(H,27,30)(H,28,34)(H,31,32)(H,35,36)(H4,23,24,25). The van der Waals surface area contributed by atoms with Crippen LogP contribution in [0.3, 0.4) is 0 Å². The van der Waals surface area contributed by atoms with Crippen molar-refractivity contribution in [2.45, 2.75) is 43.8 Å². The number of aliphatic imine (C=N–C) groups is 1. The zero-order valence-electron chi connectivity index (χ0n) is 19.3. The van der Waals surface area contributed by atoms with Crippen LogP contribution in [0.5, 0.6) is 5.75 Å². The lowest BCUT2D eigenvalue weighted by molar-refractivity contribution is -0.143. The zero-order chi connectivity index (χ0) is 27.3. The summed E-state index contributed by atoms with van der Waals surface area (Å²) in [5, 5.41) is 34.5. The SMILES string of the molecule is NC(N)=NCCCC(N)C(=O)NCC(=O)NC(CC(=O)O)C(=O)NC(Cc1ccc(O)cc1)C(=O)O. The highest BCUT2D eigenvalue weighted by atomic mass is 16.4. The van der Waals surface area contributed by atoms with E-state index in [1.807, 2.05) is 0 Å². The Bertz CT molecular complexity index is 964. The highest BCUT2D eigenvalue weighted by Crippen LogP contribution is 2.11. The van der Waals surface area contributed by atoms with Crippen molar-refractivity contribution in [3.05, 3.63) is 29.8 Å². The number of hydrogen-bond donors (Lipinski definition) is 9. The molecule has 0 aliphatic carbocycles. The number of carboxylic acid groups (broad SMARTS) is 2. The number of nitrogens with zero attached hydrogens (tertiary/aromatic N) is 1. The first-order valence-corrected chi connectivity index (χ1v) is 10.8. The van der Waals surface area contributed by atoms with Crippen molar-refractivity contribution in [1.29, 1.82) is 0 Å². The summed E-state index contributed by atoms with van der Waals surface area (Å²) in [4.78, 5) is 63.4. The van der Waals surface area contributed by atoms with E-state index in [0.29, 0.717) is 12.0 Å². The van der Waals surface area contributed by atoms with Crippen molar-refractivity contribution in [2.24, 2.45) is 22.2 Å². The number of phenolic OH excluding ortho intramolecular Hbond substituents is 1. The predicted octanol–water partition coefficient (Wildman–Crippen LogP) is -3.04. The second-order valence-electron chi connectivity index (χ2n) is 7.76. The first kappa shape index (κ1) is 29.6. The maximum absolute atomic E-state index is 12.6. The van der Waals surface area contributed by atoms with Crippen LogP contribution in [0.15, 0.2) is 29.3 Å². The van der Waals surface area contributed by atoms with E-state index >= 15 is 0 Å². The lowest BCUT2D eigenvalue weighted by Crippen LogP contribution is -2.54. The summed E-state index contributed by atoms with van der Waals surface area (Å²) in [6, 6.07) is 1.60. The van der Waals surface area contributed by atoms with E-state index in [1.54, 1.807) is 0 Å². The van der Waals surface area contributed by atoms with Crippen molar-refractivity contribution in [2.75, 3.05) is 13.1 Å². The number of carbonyl (C=O) groups excluding carboxylic acids is 3. The van der Waals surface area contributed by atoms with Gasteiger partial charge in [-0.25, -0.2) is 4.79 Å². The van der Waals surface area contributed by atoms with Gasteiger partial charge in [-0.2, -0.15) is 0 Å². The Hall–Kier alpha value is -4.40. The lowest BCUT2D eigenvalue weighted by atomic mass is 10.0. The monoisotopic (exact) mass is 509 g/mol. The van der Waals surface area contributed by atoms with E-state index in [0.717, 1.165) is 0 Å². The number of nitrogens with one attached hydrogen (secondary N) is 3. The van der Waals surface area contributed by atoms with Crippen molar-refractivity contribution in [1.82, 2.24) is 16.0 Å². The molecule has 1 aromatic carbocycles. The number of rotatable bonds is 15. The Labute approximate surface area is 206 Å². The van der Waals surface area contributed by atoms with Crippen LogP contribution in [0.2, 0.25) is 0 Å². The molecule has 0 radical (unpaired) electrons. The fourth-order valence-corrected chi connectivity index (χ4v) is 2.92. The van der Waals surface area contributed by atoms with E-state index in [1.165, 1.54) is 24.3 Å². The molecular weight excluding hydrogens is 478 g/mol. The van der Waals surface area contributed by atoms with E-state index in [2.05, 4.69) is 20.9 Å². The molecule has 12 N–H and O–H groups in total.